The van der Waals surface area contributed by atoms with Gasteiger partial charge in [-0.25, -0.2) is 4.79 Å². The zero-order chi connectivity index (χ0) is 15.1. The van der Waals surface area contributed by atoms with E-state index in [-0.39, 0.29) is 12.1 Å². The van der Waals surface area contributed by atoms with Gasteiger partial charge >= 0.3 is 5.97 Å². The van der Waals surface area contributed by atoms with Crippen LogP contribution in [0.2, 0.25) is 0 Å². The van der Waals surface area contributed by atoms with Crippen LogP contribution in [0.3, 0.4) is 0 Å². The summed E-state index contributed by atoms with van der Waals surface area (Å²) in [6.45, 7) is -0.207. The standard InChI is InChI=1S/C12H15BrN2O4S/c1-20-5-4-9(12(18)19)14-10(16)7-15-6-8(13)2-3-11(15)17/h2-3,6,9H,4-5,7H2,1H3,(H,14,16)(H,18,19)/t9-/m0/s1. The van der Waals surface area contributed by atoms with Gasteiger partial charge in [-0.15, -0.1) is 0 Å². The predicted molar refractivity (Wildman–Crippen MR) is 81.0 cm³/mol. The summed E-state index contributed by atoms with van der Waals surface area (Å²) >= 11 is 4.71. The van der Waals surface area contributed by atoms with Crippen molar-refractivity contribution in [3.63, 3.8) is 0 Å². The molecule has 6 nitrogen and oxygen atoms in total. The van der Waals surface area contributed by atoms with Crippen LogP contribution in [-0.4, -0.2) is 39.6 Å². The van der Waals surface area contributed by atoms with Crippen LogP contribution in [0, 0.1) is 0 Å². The molecule has 110 valence electrons. The van der Waals surface area contributed by atoms with Crippen LogP contribution in [-0.2, 0) is 16.1 Å². The van der Waals surface area contributed by atoms with E-state index in [4.69, 9.17) is 5.11 Å². The number of carbonyl (C=O) groups excluding carboxylic acids is 1. The van der Waals surface area contributed by atoms with Crippen LogP contribution in [0.1, 0.15) is 6.42 Å². The van der Waals surface area contributed by atoms with Crippen molar-refractivity contribution < 1.29 is 14.7 Å². The monoisotopic (exact) mass is 362 g/mol. The molecular weight excluding hydrogens is 348 g/mol. The molecule has 1 heterocycles. The van der Waals surface area contributed by atoms with Gasteiger partial charge < -0.3 is 15.0 Å². The number of nitrogens with one attached hydrogen (secondary N) is 1. The van der Waals surface area contributed by atoms with Crippen molar-refractivity contribution in [3.05, 3.63) is 33.2 Å². The maximum absolute atomic E-state index is 11.8. The normalized spacial score (nSPS) is 11.9. The molecule has 0 saturated carbocycles. The fourth-order valence-corrected chi connectivity index (χ4v) is 2.36. The molecule has 0 aromatic carbocycles. The number of carboxylic acid groups (broad SMARTS) is 1. The van der Waals surface area contributed by atoms with E-state index >= 15 is 0 Å². The van der Waals surface area contributed by atoms with Gasteiger partial charge in [-0.2, -0.15) is 11.8 Å². The van der Waals surface area contributed by atoms with E-state index in [1.165, 1.54) is 28.6 Å². The first-order valence-electron chi connectivity index (χ1n) is 5.81. The highest BCUT2D eigenvalue weighted by Crippen LogP contribution is 2.05. The molecule has 0 saturated heterocycles. The van der Waals surface area contributed by atoms with E-state index in [1.54, 1.807) is 6.07 Å². The van der Waals surface area contributed by atoms with Gasteiger partial charge in [-0.3, -0.25) is 9.59 Å². The molecule has 20 heavy (non-hydrogen) atoms. The third-order valence-electron chi connectivity index (χ3n) is 2.51. The average Bonchev–Trinajstić information content (AvgIpc) is 2.38. The Balaban J connectivity index is 2.68. The topological polar surface area (TPSA) is 88.4 Å². The maximum atomic E-state index is 11.8. The molecular formula is C12H15BrN2O4S. The number of halogens is 1. The molecule has 0 fully saturated rings. The molecule has 0 radical (unpaired) electrons. The largest absolute Gasteiger partial charge is 0.480 e. The number of aromatic nitrogens is 1. The van der Waals surface area contributed by atoms with Crippen LogP contribution < -0.4 is 10.9 Å². The van der Waals surface area contributed by atoms with E-state index in [9.17, 15) is 14.4 Å². The van der Waals surface area contributed by atoms with Crippen LogP contribution in [0.4, 0.5) is 0 Å². The van der Waals surface area contributed by atoms with Crippen molar-refractivity contribution in [1.82, 2.24) is 9.88 Å². The highest BCUT2D eigenvalue weighted by molar-refractivity contribution is 9.10. The first-order valence-corrected chi connectivity index (χ1v) is 8.00. The van der Waals surface area contributed by atoms with Gasteiger partial charge in [-0.05, 0) is 40.4 Å². The van der Waals surface area contributed by atoms with E-state index < -0.39 is 17.9 Å². The van der Waals surface area contributed by atoms with Crippen molar-refractivity contribution >= 4 is 39.6 Å². The van der Waals surface area contributed by atoms with Gasteiger partial charge in [-0.1, -0.05) is 0 Å². The molecule has 1 aromatic heterocycles. The SMILES string of the molecule is CSCC[C@H](NC(=O)Cn1cc(Br)ccc1=O)C(=O)O. The van der Waals surface area contributed by atoms with Crippen LogP contribution in [0.25, 0.3) is 0 Å². The fraction of sp³-hybridized carbons (Fsp3) is 0.417. The lowest BCUT2D eigenvalue weighted by Gasteiger charge is -2.14. The summed E-state index contributed by atoms with van der Waals surface area (Å²) in [5.41, 5.74) is -0.320. The minimum atomic E-state index is -1.08. The molecule has 1 amide bonds. The van der Waals surface area contributed by atoms with Crippen LogP contribution in [0.15, 0.2) is 27.6 Å². The van der Waals surface area contributed by atoms with Crippen molar-refractivity contribution in [2.24, 2.45) is 0 Å². The Morgan fingerprint density at radius 1 is 1.50 bits per heavy atom. The number of nitrogens with zero attached hydrogens (tertiary/aromatic N) is 1. The Labute approximate surface area is 128 Å². The third-order valence-corrected chi connectivity index (χ3v) is 3.62. The van der Waals surface area contributed by atoms with Gasteiger partial charge in [0.1, 0.15) is 12.6 Å². The molecule has 0 spiro atoms. The Morgan fingerprint density at radius 2 is 2.20 bits per heavy atom. The summed E-state index contributed by atoms with van der Waals surface area (Å²) in [6, 6.07) is 1.98. The van der Waals surface area contributed by atoms with E-state index in [0.717, 1.165) is 0 Å². The molecule has 0 aliphatic heterocycles. The molecule has 1 atom stereocenters. The highest BCUT2D eigenvalue weighted by Gasteiger charge is 2.19. The second kappa shape index (κ2) is 8.11. The minimum Gasteiger partial charge on any atom is -0.480 e. The lowest BCUT2D eigenvalue weighted by atomic mass is 10.2. The number of pyridine rings is 1. The van der Waals surface area contributed by atoms with Gasteiger partial charge in [0.05, 0.1) is 0 Å². The summed E-state index contributed by atoms with van der Waals surface area (Å²) < 4.78 is 1.88. The minimum absolute atomic E-state index is 0.207. The number of amides is 1. The molecule has 0 unspecified atom stereocenters. The Bertz CT molecular complexity index is 547. The Kier molecular flexibility index (Phi) is 6.80. The first kappa shape index (κ1) is 16.8. The number of rotatable bonds is 7. The van der Waals surface area contributed by atoms with Crippen molar-refractivity contribution in [3.8, 4) is 0 Å². The molecule has 8 heteroatoms. The lowest BCUT2D eigenvalue weighted by Crippen LogP contribution is -2.43. The van der Waals surface area contributed by atoms with Crippen LogP contribution in [0.5, 0.6) is 0 Å². The number of carbonyl (C=O) groups is 2. The second-order valence-corrected chi connectivity index (χ2v) is 5.95. The quantitative estimate of drug-likeness (QED) is 0.753. The Morgan fingerprint density at radius 3 is 2.80 bits per heavy atom. The summed E-state index contributed by atoms with van der Waals surface area (Å²) in [6.07, 6.45) is 3.69. The highest BCUT2D eigenvalue weighted by atomic mass is 79.9. The Hall–Kier alpha value is -1.28. The van der Waals surface area contributed by atoms with E-state index in [2.05, 4.69) is 21.2 Å². The van der Waals surface area contributed by atoms with Crippen molar-refractivity contribution in [2.45, 2.75) is 19.0 Å². The number of aliphatic carboxylic acids is 1. The number of hydrogen-bond donors (Lipinski definition) is 2. The van der Waals surface area contributed by atoms with Gasteiger partial charge in [0.2, 0.25) is 5.91 Å². The van der Waals surface area contributed by atoms with Gasteiger partial charge in [0, 0.05) is 16.7 Å². The van der Waals surface area contributed by atoms with Crippen molar-refractivity contribution in [2.75, 3.05) is 12.0 Å². The zero-order valence-corrected chi connectivity index (χ0v) is 13.2. The first-order chi connectivity index (χ1) is 9.43. The van der Waals surface area contributed by atoms with Crippen molar-refractivity contribution in [1.29, 1.82) is 0 Å². The summed E-state index contributed by atoms with van der Waals surface area (Å²) in [5, 5.41) is 11.4. The smallest absolute Gasteiger partial charge is 0.326 e. The van der Waals surface area contributed by atoms with Gasteiger partial charge in [0.25, 0.3) is 5.56 Å². The molecule has 0 aliphatic carbocycles. The average molecular weight is 363 g/mol. The number of hydrogen-bond acceptors (Lipinski definition) is 4. The van der Waals surface area contributed by atoms with Crippen LogP contribution >= 0.6 is 27.7 Å². The molecule has 1 rings (SSSR count). The van der Waals surface area contributed by atoms with Gasteiger partial charge in [0.15, 0.2) is 0 Å². The second-order valence-electron chi connectivity index (χ2n) is 4.05. The van der Waals surface area contributed by atoms with E-state index in [0.29, 0.717) is 16.6 Å². The third kappa shape index (κ3) is 5.38. The molecule has 0 bridgehead atoms. The fourth-order valence-electron chi connectivity index (χ4n) is 1.51. The summed E-state index contributed by atoms with van der Waals surface area (Å²) in [4.78, 5) is 34.4. The van der Waals surface area contributed by atoms with E-state index in [1.807, 2.05) is 6.26 Å². The number of thioether (sulfide) groups is 1. The lowest BCUT2D eigenvalue weighted by molar-refractivity contribution is -0.141. The molecule has 2 N–H and O–H groups in total. The predicted octanol–water partition coefficient (Wildman–Crippen LogP) is 0.933. The summed E-state index contributed by atoms with van der Waals surface area (Å²) in [5.74, 6) is -0.943. The maximum Gasteiger partial charge on any atom is 0.326 e. The zero-order valence-electron chi connectivity index (χ0n) is 10.8. The molecule has 0 aliphatic rings. The molecule has 1 aromatic rings. The number of carboxylic acids is 1. The summed E-state index contributed by atoms with van der Waals surface area (Å²) in [7, 11) is 0.